The average molecular weight is 421 g/mol. The van der Waals surface area contributed by atoms with Crippen molar-refractivity contribution in [3.8, 4) is 5.75 Å². The van der Waals surface area contributed by atoms with Crippen LogP contribution in [0.2, 0.25) is 5.02 Å². The fourth-order valence-corrected chi connectivity index (χ4v) is 2.84. The predicted octanol–water partition coefficient (Wildman–Crippen LogP) is 6.43. The van der Waals surface area contributed by atoms with Crippen LogP contribution >= 0.6 is 27.5 Å². The van der Waals surface area contributed by atoms with Crippen LogP contribution in [0.4, 0.5) is 10.1 Å². The van der Waals surface area contributed by atoms with Crippen LogP contribution < -0.4 is 10.1 Å². The maximum Gasteiger partial charge on any atom is 0.138 e. The highest BCUT2D eigenvalue weighted by Crippen LogP contribution is 2.27. The van der Waals surface area contributed by atoms with Crippen molar-refractivity contribution < 1.29 is 9.13 Å². The topological polar surface area (TPSA) is 21.3 Å². The number of hydrogen-bond acceptors (Lipinski definition) is 2. The van der Waals surface area contributed by atoms with Gasteiger partial charge in [0.25, 0.3) is 0 Å². The summed E-state index contributed by atoms with van der Waals surface area (Å²) in [6, 6.07) is 20.1. The molecule has 5 heteroatoms. The van der Waals surface area contributed by atoms with E-state index in [1.54, 1.807) is 18.2 Å². The molecule has 25 heavy (non-hydrogen) atoms. The van der Waals surface area contributed by atoms with Crippen LogP contribution in [0, 0.1) is 5.82 Å². The number of rotatable bonds is 6. The first kappa shape index (κ1) is 17.8. The number of nitrogens with one attached hydrogen (secondary N) is 1. The summed E-state index contributed by atoms with van der Waals surface area (Å²) in [5.41, 5.74) is 2.56. The number of anilines is 1. The monoisotopic (exact) mass is 419 g/mol. The summed E-state index contributed by atoms with van der Waals surface area (Å²) in [7, 11) is 0. The molecule has 0 unspecified atom stereocenters. The summed E-state index contributed by atoms with van der Waals surface area (Å²) in [6.45, 7) is 0.790. The molecule has 1 N–H and O–H groups in total. The first-order valence-corrected chi connectivity index (χ1v) is 8.93. The van der Waals surface area contributed by atoms with E-state index in [0.29, 0.717) is 22.9 Å². The zero-order chi connectivity index (χ0) is 17.6. The smallest absolute Gasteiger partial charge is 0.138 e. The van der Waals surface area contributed by atoms with E-state index in [1.165, 1.54) is 6.07 Å². The van der Waals surface area contributed by atoms with Gasteiger partial charge in [-0.3, -0.25) is 0 Å². The highest BCUT2D eigenvalue weighted by Gasteiger charge is 2.06. The van der Waals surface area contributed by atoms with Crippen molar-refractivity contribution in [2.24, 2.45) is 0 Å². The first-order chi connectivity index (χ1) is 12.1. The summed E-state index contributed by atoms with van der Waals surface area (Å²) in [4.78, 5) is 0. The van der Waals surface area contributed by atoms with E-state index < -0.39 is 0 Å². The molecule has 0 aliphatic carbocycles. The molecule has 2 nitrogen and oxygen atoms in total. The highest BCUT2D eigenvalue weighted by molar-refractivity contribution is 9.10. The van der Waals surface area contributed by atoms with Gasteiger partial charge in [-0.05, 0) is 48.0 Å². The minimum absolute atomic E-state index is 0.142. The highest BCUT2D eigenvalue weighted by atomic mass is 79.9. The van der Waals surface area contributed by atoms with Crippen LogP contribution in [-0.4, -0.2) is 0 Å². The SMILES string of the molecule is Fc1ccccc1COc1ccc(CNc2ccc(Br)cc2)cc1Cl. The third-order valence-electron chi connectivity index (χ3n) is 3.68. The minimum atomic E-state index is -0.283. The molecule has 0 spiro atoms. The summed E-state index contributed by atoms with van der Waals surface area (Å²) < 4.78 is 20.3. The van der Waals surface area contributed by atoms with E-state index in [4.69, 9.17) is 16.3 Å². The largest absolute Gasteiger partial charge is 0.487 e. The molecular formula is C20H16BrClFNO. The first-order valence-electron chi connectivity index (χ1n) is 7.76. The number of benzene rings is 3. The Morgan fingerprint density at radius 1 is 1.00 bits per heavy atom. The minimum Gasteiger partial charge on any atom is -0.487 e. The van der Waals surface area contributed by atoms with Gasteiger partial charge >= 0.3 is 0 Å². The summed E-state index contributed by atoms with van der Waals surface area (Å²) >= 11 is 9.70. The van der Waals surface area contributed by atoms with Crippen LogP contribution in [0.5, 0.6) is 5.75 Å². The summed E-state index contributed by atoms with van der Waals surface area (Å²) in [6.07, 6.45) is 0. The Hall–Kier alpha value is -2.04. The van der Waals surface area contributed by atoms with E-state index >= 15 is 0 Å². The fourth-order valence-electron chi connectivity index (χ4n) is 2.31. The van der Waals surface area contributed by atoms with Crippen LogP contribution in [0.3, 0.4) is 0 Å². The second kappa shape index (κ2) is 8.37. The van der Waals surface area contributed by atoms with E-state index in [2.05, 4.69) is 21.2 Å². The number of hydrogen-bond donors (Lipinski definition) is 1. The Labute approximate surface area is 159 Å². The average Bonchev–Trinajstić information content (AvgIpc) is 2.62. The molecule has 0 aromatic heterocycles. The molecule has 3 aromatic rings. The Bertz CT molecular complexity index is 855. The maximum atomic E-state index is 13.6. The van der Waals surface area contributed by atoms with Crippen LogP contribution in [0.1, 0.15) is 11.1 Å². The molecule has 0 atom stereocenters. The second-order valence-electron chi connectivity index (χ2n) is 5.51. The Kier molecular flexibility index (Phi) is 5.95. The van der Waals surface area contributed by atoms with Gasteiger partial charge in [0, 0.05) is 22.3 Å². The summed E-state index contributed by atoms with van der Waals surface area (Å²) in [5.74, 6) is 0.256. The zero-order valence-corrected chi connectivity index (χ0v) is 15.6. The molecule has 0 aliphatic heterocycles. The van der Waals surface area contributed by atoms with E-state index in [0.717, 1.165) is 15.7 Å². The second-order valence-corrected chi connectivity index (χ2v) is 6.83. The van der Waals surface area contributed by atoms with Crippen molar-refractivity contribution in [1.82, 2.24) is 0 Å². The van der Waals surface area contributed by atoms with Gasteiger partial charge in [0.15, 0.2) is 0 Å². The Balaban J connectivity index is 1.60. The third kappa shape index (κ3) is 4.97. The van der Waals surface area contributed by atoms with Gasteiger partial charge in [0.05, 0.1) is 5.02 Å². The molecule has 0 saturated carbocycles. The molecule has 0 saturated heterocycles. The molecule has 0 amide bonds. The van der Waals surface area contributed by atoms with E-state index in [9.17, 15) is 4.39 Å². The molecule has 3 aromatic carbocycles. The quantitative estimate of drug-likeness (QED) is 0.496. The summed E-state index contributed by atoms with van der Waals surface area (Å²) in [5, 5.41) is 3.84. The Morgan fingerprint density at radius 3 is 2.48 bits per heavy atom. The number of ether oxygens (including phenoxy) is 1. The fraction of sp³-hybridized carbons (Fsp3) is 0.100. The van der Waals surface area contributed by atoms with E-state index in [1.807, 2.05) is 42.5 Å². The van der Waals surface area contributed by atoms with Gasteiger partial charge in [0.1, 0.15) is 18.2 Å². The maximum absolute atomic E-state index is 13.6. The van der Waals surface area contributed by atoms with Crippen LogP contribution in [-0.2, 0) is 13.2 Å². The normalized spacial score (nSPS) is 10.5. The lowest BCUT2D eigenvalue weighted by Gasteiger charge is -2.11. The molecule has 0 radical (unpaired) electrons. The van der Waals surface area contributed by atoms with Gasteiger partial charge in [-0.15, -0.1) is 0 Å². The van der Waals surface area contributed by atoms with E-state index in [-0.39, 0.29) is 12.4 Å². The molecule has 3 rings (SSSR count). The van der Waals surface area contributed by atoms with Gasteiger partial charge < -0.3 is 10.1 Å². The molecule has 0 heterocycles. The molecule has 0 bridgehead atoms. The molecular weight excluding hydrogens is 405 g/mol. The predicted molar refractivity (Wildman–Crippen MR) is 104 cm³/mol. The van der Waals surface area contributed by atoms with Crippen LogP contribution in [0.15, 0.2) is 71.2 Å². The molecule has 0 aliphatic rings. The van der Waals surface area contributed by atoms with Gasteiger partial charge in [0.2, 0.25) is 0 Å². The van der Waals surface area contributed by atoms with Crippen molar-refractivity contribution in [2.75, 3.05) is 5.32 Å². The van der Waals surface area contributed by atoms with Gasteiger partial charge in [-0.25, -0.2) is 4.39 Å². The standard InChI is InChI=1S/C20H16BrClFNO/c21-16-6-8-17(9-7-16)24-12-14-5-10-20(18(22)11-14)25-13-15-3-1-2-4-19(15)23/h1-11,24H,12-13H2. The van der Waals surface area contributed by atoms with Gasteiger partial charge in [-0.1, -0.05) is 51.8 Å². The number of halogens is 3. The third-order valence-corrected chi connectivity index (χ3v) is 4.50. The lowest BCUT2D eigenvalue weighted by molar-refractivity contribution is 0.300. The Morgan fingerprint density at radius 2 is 1.76 bits per heavy atom. The molecule has 128 valence electrons. The van der Waals surface area contributed by atoms with Crippen molar-refractivity contribution >= 4 is 33.2 Å². The van der Waals surface area contributed by atoms with Gasteiger partial charge in [-0.2, -0.15) is 0 Å². The van der Waals surface area contributed by atoms with Crippen LogP contribution in [0.25, 0.3) is 0 Å². The zero-order valence-electron chi connectivity index (χ0n) is 13.3. The molecule has 0 fully saturated rings. The lowest BCUT2D eigenvalue weighted by atomic mass is 10.2. The van der Waals surface area contributed by atoms with Crippen molar-refractivity contribution in [3.05, 3.63) is 93.2 Å². The lowest BCUT2D eigenvalue weighted by Crippen LogP contribution is -2.01. The van der Waals surface area contributed by atoms with Crippen molar-refractivity contribution in [2.45, 2.75) is 13.2 Å². The van der Waals surface area contributed by atoms with Crippen molar-refractivity contribution in [1.29, 1.82) is 0 Å². The van der Waals surface area contributed by atoms with Crippen molar-refractivity contribution in [3.63, 3.8) is 0 Å².